The highest BCUT2D eigenvalue weighted by atomic mass is 32.2. The second-order valence-corrected chi connectivity index (χ2v) is 9.82. The van der Waals surface area contributed by atoms with Crippen LogP contribution in [0.25, 0.3) is 0 Å². The molecule has 7 heteroatoms. The Hall–Kier alpha value is -2.38. The summed E-state index contributed by atoms with van der Waals surface area (Å²) in [6.45, 7) is 1.78. The van der Waals surface area contributed by atoms with Crippen molar-refractivity contribution in [3.05, 3.63) is 59.2 Å². The van der Waals surface area contributed by atoms with Gasteiger partial charge in [-0.2, -0.15) is 4.31 Å². The number of aryl methyl sites for hydroxylation is 2. The minimum atomic E-state index is -3.56. The number of carbonyl (C=O) groups is 1. The first-order valence-electron chi connectivity index (χ1n) is 10.7. The molecule has 1 saturated heterocycles. The highest BCUT2D eigenvalue weighted by Crippen LogP contribution is 2.26. The van der Waals surface area contributed by atoms with Crippen LogP contribution < -0.4 is 10.1 Å². The Morgan fingerprint density at radius 2 is 1.77 bits per heavy atom. The van der Waals surface area contributed by atoms with Crippen LogP contribution in [0.3, 0.4) is 0 Å². The molecule has 0 spiro atoms. The summed E-state index contributed by atoms with van der Waals surface area (Å²) in [5.41, 5.74) is 3.09. The second-order valence-electron chi connectivity index (χ2n) is 7.88. The summed E-state index contributed by atoms with van der Waals surface area (Å²) < 4.78 is 32.9. The number of sulfonamides is 1. The van der Waals surface area contributed by atoms with Gasteiger partial charge in [0.2, 0.25) is 10.0 Å². The maximum atomic E-state index is 12.8. The Labute approximate surface area is 178 Å². The zero-order valence-corrected chi connectivity index (χ0v) is 17.9. The summed E-state index contributed by atoms with van der Waals surface area (Å²) in [4.78, 5) is 12.7. The Morgan fingerprint density at radius 3 is 2.60 bits per heavy atom. The van der Waals surface area contributed by atoms with Gasteiger partial charge in [-0.3, -0.25) is 4.79 Å². The van der Waals surface area contributed by atoms with Crippen LogP contribution in [0.1, 0.15) is 47.2 Å². The number of nitrogens with zero attached hydrogens (tertiary/aromatic N) is 1. The first-order valence-corrected chi connectivity index (χ1v) is 12.1. The van der Waals surface area contributed by atoms with E-state index in [2.05, 4.69) is 17.4 Å². The minimum Gasteiger partial charge on any atom is -0.492 e. The molecule has 0 radical (unpaired) electrons. The third-order valence-corrected chi connectivity index (χ3v) is 7.67. The van der Waals surface area contributed by atoms with E-state index in [1.807, 2.05) is 6.07 Å². The smallest absolute Gasteiger partial charge is 0.251 e. The van der Waals surface area contributed by atoms with Crippen molar-refractivity contribution in [3.8, 4) is 5.75 Å². The standard InChI is InChI=1S/C23H28N2O4S/c26-23(24-12-15-29-21-11-10-18-6-4-7-19(18)16-21)20-8-5-9-22(17-20)30(27,28)25-13-2-1-3-14-25/h5,8-11,16-17H,1-4,6-7,12-15H2,(H,24,26). The Balaban J connectivity index is 1.32. The second kappa shape index (κ2) is 9.18. The maximum absolute atomic E-state index is 12.8. The SMILES string of the molecule is O=C(NCCOc1ccc2c(c1)CCC2)c1cccc(S(=O)(=O)N2CCCCC2)c1. The van der Waals surface area contributed by atoms with Crippen molar-refractivity contribution in [2.45, 2.75) is 43.4 Å². The number of rotatable bonds is 7. The molecule has 1 aliphatic carbocycles. The first-order chi connectivity index (χ1) is 14.5. The zero-order valence-electron chi connectivity index (χ0n) is 17.1. The lowest BCUT2D eigenvalue weighted by atomic mass is 10.1. The summed E-state index contributed by atoms with van der Waals surface area (Å²) in [5.74, 6) is 0.516. The highest BCUT2D eigenvalue weighted by Gasteiger charge is 2.26. The van der Waals surface area contributed by atoms with Gasteiger partial charge in [0.15, 0.2) is 0 Å². The van der Waals surface area contributed by atoms with E-state index in [4.69, 9.17) is 4.74 Å². The summed E-state index contributed by atoms with van der Waals surface area (Å²) in [7, 11) is -3.56. The molecule has 1 heterocycles. The fourth-order valence-corrected chi connectivity index (χ4v) is 5.69. The van der Waals surface area contributed by atoms with Crippen molar-refractivity contribution >= 4 is 15.9 Å². The largest absolute Gasteiger partial charge is 0.492 e. The number of hydrogen-bond acceptors (Lipinski definition) is 4. The van der Waals surface area contributed by atoms with Crippen molar-refractivity contribution in [3.63, 3.8) is 0 Å². The van der Waals surface area contributed by atoms with Crippen LogP contribution >= 0.6 is 0 Å². The van der Waals surface area contributed by atoms with E-state index in [-0.39, 0.29) is 10.8 Å². The van der Waals surface area contributed by atoms with E-state index in [1.54, 1.807) is 18.2 Å². The number of carbonyl (C=O) groups excluding carboxylic acids is 1. The molecule has 2 aromatic rings. The molecular formula is C23H28N2O4S. The quantitative estimate of drug-likeness (QED) is 0.688. The molecule has 0 saturated carbocycles. The molecule has 160 valence electrons. The van der Waals surface area contributed by atoms with Crippen molar-refractivity contribution in [2.24, 2.45) is 0 Å². The number of piperidine rings is 1. The lowest BCUT2D eigenvalue weighted by Crippen LogP contribution is -2.35. The van der Waals surface area contributed by atoms with Gasteiger partial charge in [-0.25, -0.2) is 8.42 Å². The number of fused-ring (bicyclic) bond motifs is 1. The van der Waals surface area contributed by atoms with E-state index in [9.17, 15) is 13.2 Å². The van der Waals surface area contributed by atoms with Crippen molar-refractivity contribution < 1.29 is 17.9 Å². The van der Waals surface area contributed by atoms with Gasteiger partial charge < -0.3 is 10.1 Å². The predicted molar refractivity (Wildman–Crippen MR) is 115 cm³/mol. The molecular weight excluding hydrogens is 400 g/mol. The third-order valence-electron chi connectivity index (χ3n) is 5.78. The van der Waals surface area contributed by atoms with Gasteiger partial charge in [-0.1, -0.05) is 18.6 Å². The van der Waals surface area contributed by atoms with Crippen LogP contribution in [0, 0.1) is 0 Å². The molecule has 6 nitrogen and oxygen atoms in total. The lowest BCUT2D eigenvalue weighted by Gasteiger charge is -2.26. The van der Waals surface area contributed by atoms with Gasteiger partial charge in [-0.15, -0.1) is 0 Å². The monoisotopic (exact) mass is 428 g/mol. The van der Waals surface area contributed by atoms with Crippen LogP contribution in [0.4, 0.5) is 0 Å². The molecule has 0 unspecified atom stereocenters. The van der Waals surface area contributed by atoms with Crippen LogP contribution in [0.2, 0.25) is 0 Å². The average molecular weight is 429 g/mol. The summed E-state index contributed by atoms with van der Waals surface area (Å²) in [6, 6.07) is 12.4. The molecule has 0 atom stereocenters. The number of benzene rings is 2. The third kappa shape index (κ3) is 4.68. The van der Waals surface area contributed by atoms with Gasteiger partial charge in [0.05, 0.1) is 11.4 Å². The van der Waals surface area contributed by atoms with E-state index in [0.29, 0.717) is 31.8 Å². The van der Waals surface area contributed by atoms with Crippen LogP contribution in [-0.4, -0.2) is 44.9 Å². The van der Waals surface area contributed by atoms with Gasteiger partial charge in [-0.05, 0) is 73.6 Å². The molecule has 4 rings (SSSR count). The topological polar surface area (TPSA) is 75.7 Å². The van der Waals surface area contributed by atoms with E-state index < -0.39 is 10.0 Å². The Kier molecular flexibility index (Phi) is 6.39. The van der Waals surface area contributed by atoms with Gasteiger partial charge in [0.25, 0.3) is 5.91 Å². The Bertz CT molecular complexity index is 1010. The fraction of sp³-hybridized carbons (Fsp3) is 0.435. The fourth-order valence-electron chi connectivity index (χ4n) is 4.13. The molecule has 0 aromatic heterocycles. The number of nitrogens with one attached hydrogen (secondary N) is 1. The van der Waals surface area contributed by atoms with Gasteiger partial charge >= 0.3 is 0 Å². The summed E-state index contributed by atoms with van der Waals surface area (Å²) in [6.07, 6.45) is 6.24. The van der Waals surface area contributed by atoms with Crippen molar-refractivity contribution in [1.29, 1.82) is 0 Å². The molecule has 1 amide bonds. The van der Waals surface area contributed by atoms with Crippen LogP contribution in [0.15, 0.2) is 47.4 Å². The number of hydrogen-bond donors (Lipinski definition) is 1. The molecule has 2 aromatic carbocycles. The number of ether oxygens (including phenoxy) is 1. The average Bonchev–Trinajstić information content (AvgIpc) is 3.25. The van der Waals surface area contributed by atoms with Gasteiger partial charge in [0, 0.05) is 18.7 Å². The zero-order chi connectivity index (χ0) is 21.0. The highest BCUT2D eigenvalue weighted by molar-refractivity contribution is 7.89. The first kappa shape index (κ1) is 20.9. The minimum absolute atomic E-state index is 0.173. The number of amides is 1. The van der Waals surface area contributed by atoms with E-state index in [0.717, 1.165) is 37.9 Å². The van der Waals surface area contributed by atoms with Crippen LogP contribution in [0.5, 0.6) is 5.75 Å². The normalized spacial score (nSPS) is 16.8. The molecule has 1 aliphatic heterocycles. The van der Waals surface area contributed by atoms with Crippen molar-refractivity contribution in [2.75, 3.05) is 26.2 Å². The molecule has 1 fully saturated rings. The summed E-state index contributed by atoms with van der Waals surface area (Å²) >= 11 is 0. The van der Waals surface area contributed by atoms with E-state index >= 15 is 0 Å². The molecule has 2 aliphatic rings. The summed E-state index contributed by atoms with van der Waals surface area (Å²) in [5, 5.41) is 2.81. The van der Waals surface area contributed by atoms with E-state index in [1.165, 1.54) is 27.9 Å². The van der Waals surface area contributed by atoms with Crippen molar-refractivity contribution in [1.82, 2.24) is 9.62 Å². The Morgan fingerprint density at radius 1 is 0.967 bits per heavy atom. The molecule has 1 N–H and O–H groups in total. The molecule has 0 bridgehead atoms. The maximum Gasteiger partial charge on any atom is 0.251 e. The molecule has 30 heavy (non-hydrogen) atoms. The lowest BCUT2D eigenvalue weighted by molar-refractivity contribution is 0.0946. The van der Waals surface area contributed by atoms with Gasteiger partial charge in [0.1, 0.15) is 12.4 Å². The predicted octanol–water partition coefficient (Wildman–Crippen LogP) is 3.16. The van der Waals surface area contributed by atoms with Crippen LogP contribution in [-0.2, 0) is 22.9 Å².